The lowest BCUT2D eigenvalue weighted by Gasteiger charge is -2.35. The van der Waals surface area contributed by atoms with Gasteiger partial charge in [0.05, 0.1) is 6.10 Å². The van der Waals surface area contributed by atoms with Crippen molar-refractivity contribution in [2.45, 2.75) is 65.5 Å². The minimum absolute atomic E-state index is 0.205. The highest BCUT2D eigenvalue weighted by atomic mass is 16.3. The second-order valence-electron chi connectivity index (χ2n) is 7.52. The lowest BCUT2D eigenvalue weighted by Crippen LogP contribution is -2.37. The van der Waals surface area contributed by atoms with Crippen molar-refractivity contribution < 1.29 is 9.90 Å². The van der Waals surface area contributed by atoms with E-state index in [1.807, 2.05) is 26.8 Å². The number of anilines is 2. The predicted molar refractivity (Wildman–Crippen MR) is 104 cm³/mol. The Kier molecular flexibility index (Phi) is 7.12. The molecule has 0 aliphatic carbocycles. The Bertz CT molecular complexity index is 574. The molecule has 1 heterocycles. The van der Waals surface area contributed by atoms with E-state index in [1.54, 1.807) is 0 Å². The third-order valence-corrected chi connectivity index (χ3v) is 5.09. The number of nitrogens with zero attached hydrogens (tertiary/aromatic N) is 1. The third-order valence-electron chi connectivity index (χ3n) is 5.09. The van der Waals surface area contributed by atoms with Gasteiger partial charge in [0.15, 0.2) is 0 Å². The average molecular weight is 348 g/mol. The number of carbonyl (C=O) groups excluding carboxylic acids is 1. The number of aliphatic hydroxyl groups is 1. The summed E-state index contributed by atoms with van der Waals surface area (Å²) >= 11 is 0. The fourth-order valence-electron chi connectivity index (χ4n) is 3.28. The predicted octanol–water partition coefficient (Wildman–Crippen LogP) is 3.90. The first kappa shape index (κ1) is 19.6. The number of piperidine rings is 1. The van der Waals surface area contributed by atoms with E-state index >= 15 is 0 Å². The van der Waals surface area contributed by atoms with Crippen LogP contribution in [0.3, 0.4) is 0 Å². The molecule has 2 amide bonds. The summed E-state index contributed by atoms with van der Waals surface area (Å²) in [5.74, 6) is 0.205. The normalized spacial score (nSPS) is 19.0. The molecule has 5 nitrogen and oxygen atoms in total. The maximum Gasteiger partial charge on any atom is 0.319 e. The second kappa shape index (κ2) is 9.09. The van der Waals surface area contributed by atoms with Crippen molar-refractivity contribution >= 4 is 17.4 Å². The van der Waals surface area contributed by atoms with Crippen LogP contribution in [0.25, 0.3) is 0 Å². The minimum atomic E-state index is -0.382. The van der Waals surface area contributed by atoms with E-state index < -0.39 is 0 Å². The molecule has 0 bridgehead atoms. The van der Waals surface area contributed by atoms with Gasteiger partial charge in [-0.3, -0.25) is 0 Å². The molecule has 1 aliphatic heterocycles. The van der Waals surface area contributed by atoms with Crippen LogP contribution in [-0.2, 0) is 0 Å². The highest BCUT2D eigenvalue weighted by Crippen LogP contribution is 2.28. The molecule has 1 aromatic carbocycles. The van der Waals surface area contributed by atoms with E-state index in [0.717, 1.165) is 17.8 Å². The summed E-state index contributed by atoms with van der Waals surface area (Å²) in [4.78, 5) is 14.5. The first-order valence-electron chi connectivity index (χ1n) is 9.48. The molecular weight excluding hydrogens is 314 g/mol. The lowest BCUT2D eigenvalue weighted by molar-refractivity contribution is 0.117. The zero-order chi connectivity index (χ0) is 18.4. The smallest absolute Gasteiger partial charge is 0.319 e. The molecule has 0 aromatic heterocycles. The van der Waals surface area contributed by atoms with E-state index in [0.29, 0.717) is 19.0 Å². The molecule has 25 heavy (non-hydrogen) atoms. The van der Waals surface area contributed by atoms with E-state index in [1.165, 1.54) is 24.9 Å². The van der Waals surface area contributed by atoms with Gasteiger partial charge in [0.1, 0.15) is 0 Å². The van der Waals surface area contributed by atoms with Crippen LogP contribution < -0.4 is 15.5 Å². The molecule has 0 radical (unpaired) electrons. The molecule has 1 saturated heterocycles. The molecule has 2 unspecified atom stereocenters. The van der Waals surface area contributed by atoms with Crippen molar-refractivity contribution in [1.29, 1.82) is 0 Å². The van der Waals surface area contributed by atoms with Gasteiger partial charge in [0.25, 0.3) is 0 Å². The topological polar surface area (TPSA) is 64.6 Å². The molecule has 2 atom stereocenters. The van der Waals surface area contributed by atoms with E-state index in [2.05, 4.69) is 34.6 Å². The molecular formula is C20H33N3O2. The average Bonchev–Trinajstić information content (AvgIpc) is 2.57. The van der Waals surface area contributed by atoms with Crippen LogP contribution in [0, 0.1) is 12.8 Å². The maximum atomic E-state index is 12.0. The summed E-state index contributed by atoms with van der Waals surface area (Å²) in [7, 11) is 0. The summed E-state index contributed by atoms with van der Waals surface area (Å²) in [5.41, 5.74) is 3.12. The van der Waals surface area contributed by atoms with E-state index in [4.69, 9.17) is 0 Å². The Balaban J connectivity index is 1.89. The Morgan fingerprint density at radius 2 is 2.12 bits per heavy atom. The van der Waals surface area contributed by atoms with Crippen LogP contribution in [0.4, 0.5) is 16.2 Å². The molecule has 1 aromatic rings. The molecule has 1 fully saturated rings. The van der Waals surface area contributed by atoms with Crippen LogP contribution >= 0.6 is 0 Å². The molecule has 0 saturated carbocycles. The largest absolute Gasteiger partial charge is 0.393 e. The minimum Gasteiger partial charge on any atom is -0.393 e. The van der Waals surface area contributed by atoms with Crippen LogP contribution in [0.5, 0.6) is 0 Å². The van der Waals surface area contributed by atoms with Crippen LogP contribution in [-0.4, -0.2) is 36.4 Å². The number of rotatable bonds is 6. The van der Waals surface area contributed by atoms with Gasteiger partial charge in [-0.1, -0.05) is 13.8 Å². The van der Waals surface area contributed by atoms with Gasteiger partial charge < -0.3 is 20.6 Å². The van der Waals surface area contributed by atoms with Gasteiger partial charge in [-0.2, -0.15) is 0 Å². The van der Waals surface area contributed by atoms with Gasteiger partial charge in [0, 0.05) is 30.5 Å². The first-order valence-corrected chi connectivity index (χ1v) is 9.48. The van der Waals surface area contributed by atoms with Gasteiger partial charge in [0.2, 0.25) is 0 Å². The van der Waals surface area contributed by atoms with Crippen LogP contribution in [0.2, 0.25) is 0 Å². The molecule has 3 N–H and O–H groups in total. The van der Waals surface area contributed by atoms with Crippen LogP contribution in [0.15, 0.2) is 18.2 Å². The van der Waals surface area contributed by atoms with Crippen molar-refractivity contribution in [1.82, 2.24) is 5.32 Å². The van der Waals surface area contributed by atoms with Crippen molar-refractivity contribution in [2.24, 2.45) is 5.92 Å². The summed E-state index contributed by atoms with van der Waals surface area (Å²) in [5, 5.41) is 15.5. The SMILES string of the molecule is Cc1cc(N2CCCCC2C)ccc1NC(=O)NCCC(O)C(C)C. The summed E-state index contributed by atoms with van der Waals surface area (Å²) in [6.45, 7) is 9.81. The lowest BCUT2D eigenvalue weighted by atomic mass is 10.0. The maximum absolute atomic E-state index is 12.0. The standard InChI is InChI=1S/C20H33N3O2/c1-14(2)19(24)10-11-21-20(25)22-18-9-8-17(13-15(18)3)23-12-6-5-7-16(23)4/h8-9,13-14,16,19,24H,5-7,10-12H2,1-4H3,(H2,21,22,25). The number of aliphatic hydroxyl groups excluding tert-OH is 1. The number of aryl methyl sites for hydroxylation is 1. The van der Waals surface area contributed by atoms with Crippen LogP contribution in [0.1, 0.15) is 52.0 Å². The van der Waals surface area contributed by atoms with Gasteiger partial charge in [-0.25, -0.2) is 4.79 Å². The Hall–Kier alpha value is -1.75. The Morgan fingerprint density at radius 3 is 2.76 bits per heavy atom. The van der Waals surface area contributed by atoms with E-state index in [-0.39, 0.29) is 18.1 Å². The van der Waals surface area contributed by atoms with Crippen molar-refractivity contribution in [3.05, 3.63) is 23.8 Å². The summed E-state index contributed by atoms with van der Waals surface area (Å²) < 4.78 is 0. The highest BCUT2D eigenvalue weighted by Gasteiger charge is 2.19. The van der Waals surface area contributed by atoms with Gasteiger partial charge >= 0.3 is 6.03 Å². The number of amides is 2. The fourth-order valence-corrected chi connectivity index (χ4v) is 3.28. The first-order chi connectivity index (χ1) is 11.9. The third kappa shape index (κ3) is 5.63. The van der Waals surface area contributed by atoms with Crippen molar-refractivity contribution in [3.63, 3.8) is 0 Å². The summed E-state index contributed by atoms with van der Waals surface area (Å²) in [6, 6.07) is 6.57. The monoisotopic (exact) mass is 347 g/mol. The fraction of sp³-hybridized carbons (Fsp3) is 0.650. The number of urea groups is 1. The molecule has 5 heteroatoms. The summed E-state index contributed by atoms with van der Waals surface area (Å²) in [6.07, 6.45) is 3.98. The second-order valence-corrected chi connectivity index (χ2v) is 7.52. The van der Waals surface area contributed by atoms with Crippen molar-refractivity contribution in [2.75, 3.05) is 23.3 Å². The number of benzene rings is 1. The Morgan fingerprint density at radius 1 is 1.36 bits per heavy atom. The number of hydrogen-bond donors (Lipinski definition) is 3. The number of nitrogens with one attached hydrogen (secondary N) is 2. The number of hydrogen-bond acceptors (Lipinski definition) is 3. The van der Waals surface area contributed by atoms with Gasteiger partial charge in [-0.05, 0) is 69.2 Å². The number of carbonyl (C=O) groups is 1. The van der Waals surface area contributed by atoms with Gasteiger partial charge in [-0.15, -0.1) is 0 Å². The highest BCUT2D eigenvalue weighted by molar-refractivity contribution is 5.90. The zero-order valence-electron chi connectivity index (χ0n) is 16.0. The molecule has 1 aliphatic rings. The zero-order valence-corrected chi connectivity index (χ0v) is 16.0. The molecule has 140 valence electrons. The van der Waals surface area contributed by atoms with E-state index in [9.17, 15) is 9.90 Å². The molecule has 2 rings (SSSR count). The quantitative estimate of drug-likeness (QED) is 0.731. The van der Waals surface area contributed by atoms with Crippen molar-refractivity contribution in [3.8, 4) is 0 Å². The molecule has 0 spiro atoms. The Labute approximate surface area is 151 Å².